The second kappa shape index (κ2) is 9.74. The molecule has 0 aliphatic rings. The highest BCUT2D eigenvalue weighted by atomic mass is 16.6. The molecule has 0 aromatic heterocycles. The average molecular weight is 381 g/mol. The van der Waals surface area contributed by atoms with E-state index in [1.807, 2.05) is 36.4 Å². The first-order chi connectivity index (χ1) is 13.2. The molecular formula is C23H27NO4. The summed E-state index contributed by atoms with van der Waals surface area (Å²) in [5, 5.41) is 2.83. The van der Waals surface area contributed by atoms with Gasteiger partial charge >= 0.3 is 12.1 Å². The van der Waals surface area contributed by atoms with E-state index in [1.54, 1.807) is 58.0 Å². The first-order valence-corrected chi connectivity index (χ1v) is 9.22. The van der Waals surface area contributed by atoms with Crippen LogP contribution >= 0.6 is 0 Å². The summed E-state index contributed by atoms with van der Waals surface area (Å²) in [7, 11) is 0. The molecule has 2 rings (SSSR count). The van der Waals surface area contributed by atoms with E-state index in [0.717, 1.165) is 5.56 Å². The molecule has 5 heteroatoms. The first-order valence-electron chi connectivity index (χ1n) is 9.22. The number of carbonyl (C=O) groups excluding carboxylic acids is 2. The standard InChI is InChI=1S/C23H27NO4/c1-17(21(25)27-20-13-9-6-10-14-20)15-19(16-18-11-7-5-8-12-18)24-22(26)28-23(2,3)4/h5-15,19H,16H2,1-4H3,(H,24,26)/t19-/m1/s1. The lowest BCUT2D eigenvalue weighted by Crippen LogP contribution is -2.39. The maximum absolute atomic E-state index is 12.4. The van der Waals surface area contributed by atoms with Gasteiger partial charge in [-0.15, -0.1) is 0 Å². The molecule has 0 aliphatic carbocycles. The van der Waals surface area contributed by atoms with Gasteiger partial charge in [-0.05, 0) is 51.8 Å². The number of rotatable bonds is 6. The molecule has 0 spiro atoms. The highest BCUT2D eigenvalue weighted by Gasteiger charge is 2.20. The quantitative estimate of drug-likeness (QED) is 0.448. The minimum absolute atomic E-state index is 0.404. The van der Waals surface area contributed by atoms with Gasteiger partial charge in [0.1, 0.15) is 11.4 Å². The number of esters is 1. The molecule has 2 aromatic rings. The summed E-state index contributed by atoms with van der Waals surface area (Å²) < 4.78 is 10.7. The van der Waals surface area contributed by atoms with Gasteiger partial charge in [-0.3, -0.25) is 0 Å². The fourth-order valence-corrected chi connectivity index (χ4v) is 2.52. The van der Waals surface area contributed by atoms with Crippen LogP contribution in [0.5, 0.6) is 5.75 Å². The number of nitrogens with one attached hydrogen (secondary N) is 1. The fraction of sp³-hybridized carbons (Fsp3) is 0.304. The van der Waals surface area contributed by atoms with Crippen molar-refractivity contribution in [3.8, 4) is 5.75 Å². The summed E-state index contributed by atoms with van der Waals surface area (Å²) in [4.78, 5) is 24.6. The number of amides is 1. The van der Waals surface area contributed by atoms with E-state index in [4.69, 9.17) is 9.47 Å². The van der Waals surface area contributed by atoms with Crippen LogP contribution in [0.15, 0.2) is 72.3 Å². The molecule has 1 N–H and O–H groups in total. The summed E-state index contributed by atoms with van der Waals surface area (Å²) in [5.41, 5.74) is 0.830. The Morgan fingerprint density at radius 3 is 2.14 bits per heavy atom. The van der Waals surface area contributed by atoms with Crippen molar-refractivity contribution < 1.29 is 19.1 Å². The fourth-order valence-electron chi connectivity index (χ4n) is 2.52. The van der Waals surface area contributed by atoms with Crippen LogP contribution in [0.3, 0.4) is 0 Å². The third kappa shape index (κ3) is 7.66. The monoisotopic (exact) mass is 381 g/mol. The number of benzene rings is 2. The molecule has 0 fully saturated rings. The molecule has 1 atom stereocenters. The first kappa shape index (κ1) is 21.2. The second-order valence-electron chi connectivity index (χ2n) is 7.49. The van der Waals surface area contributed by atoms with Gasteiger partial charge in [0.2, 0.25) is 0 Å². The van der Waals surface area contributed by atoms with E-state index in [9.17, 15) is 9.59 Å². The van der Waals surface area contributed by atoms with E-state index in [1.165, 1.54) is 0 Å². The largest absolute Gasteiger partial charge is 0.444 e. The zero-order chi connectivity index (χ0) is 20.6. The van der Waals surface area contributed by atoms with Crippen LogP contribution in [0.2, 0.25) is 0 Å². The van der Waals surface area contributed by atoms with Crippen LogP contribution < -0.4 is 10.1 Å². The Labute approximate surface area is 166 Å². The van der Waals surface area contributed by atoms with Gasteiger partial charge in [0.15, 0.2) is 0 Å². The Hall–Kier alpha value is -3.08. The van der Waals surface area contributed by atoms with Crippen molar-refractivity contribution in [1.29, 1.82) is 0 Å². The normalized spacial score (nSPS) is 12.8. The van der Waals surface area contributed by atoms with Crippen molar-refractivity contribution in [3.63, 3.8) is 0 Å². The van der Waals surface area contributed by atoms with Gasteiger partial charge in [0, 0.05) is 5.57 Å². The van der Waals surface area contributed by atoms with Gasteiger partial charge in [0.25, 0.3) is 0 Å². The third-order valence-electron chi connectivity index (χ3n) is 3.73. The lowest BCUT2D eigenvalue weighted by atomic mass is 10.0. The molecule has 1 amide bonds. The SMILES string of the molecule is CC(=C[C@H](Cc1ccccc1)NC(=O)OC(C)(C)C)C(=O)Oc1ccccc1. The second-order valence-corrected chi connectivity index (χ2v) is 7.49. The summed E-state index contributed by atoms with van der Waals surface area (Å²) >= 11 is 0. The molecule has 0 aliphatic heterocycles. The predicted octanol–water partition coefficient (Wildman–Crippen LogP) is 4.67. The van der Waals surface area contributed by atoms with E-state index < -0.39 is 23.7 Å². The van der Waals surface area contributed by atoms with Gasteiger partial charge in [0.05, 0.1) is 6.04 Å². The molecule has 0 radical (unpaired) electrons. The molecule has 0 unspecified atom stereocenters. The highest BCUT2D eigenvalue weighted by molar-refractivity contribution is 5.89. The van der Waals surface area contributed by atoms with Crippen molar-refractivity contribution in [2.24, 2.45) is 0 Å². The van der Waals surface area contributed by atoms with Crippen LogP contribution in [-0.2, 0) is 16.0 Å². The van der Waals surface area contributed by atoms with Gasteiger partial charge in [-0.1, -0.05) is 54.6 Å². The molecule has 0 heterocycles. The number of carbonyl (C=O) groups is 2. The maximum Gasteiger partial charge on any atom is 0.408 e. The highest BCUT2D eigenvalue weighted by Crippen LogP contribution is 2.13. The number of hydrogen-bond donors (Lipinski definition) is 1. The third-order valence-corrected chi connectivity index (χ3v) is 3.73. The number of ether oxygens (including phenoxy) is 2. The minimum atomic E-state index is -0.605. The lowest BCUT2D eigenvalue weighted by Gasteiger charge is -2.22. The van der Waals surface area contributed by atoms with E-state index in [2.05, 4.69) is 5.32 Å². The smallest absolute Gasteiger partial charge is 0.408 e. The zero-order valence-electron chi connectivity index (χ0n) is 16.8. The van der Waals surface area contributed by atoms with Crippen molar-refractivity contribution >= 4 is 12.1 Å². The molecular weight excluding hydrogens is 354 g/mol. The Bertz CT molecular complexity index is 808. The Kier molecular flexibility index (Phi) is 7.38. The van der Waals surface area contributed by atoms with E-state index >= 15 is 0 Å². The molecule has 0 saturated carbocycles. The Morgan fingerprint density at radius 2 is 1.57 bits per heavy atom. The summed E-state index contributed by atoms with van der Waals surface area (Å²) in [6.07, 6.45) is 1.69. The number of hydrogen-bond acceptors (Lipinski definition) is 4. The average Bonchev–Trinajstić information content (AvgIpc) is 2.61. The molecule has 5 nitrogen and oxygen atoms in total. The summed E-state index contributed by atoms with van der Waals surface area (Å²) in [5.74, 6) is 0.00945. The van der Waals surface area contributed by atoms with Crippen LogP contribution in [-0.4, -0.2) is 23.7 Å². The van der Waals surface area contributed by atoms with Crippen LogP contribution in [0, 0.1) is 0 Å². The maximum atomic E-state index is 12.4. The van der Waals surface area contributed by atoms with Gasteiger partial charge in [-0.2, -0.15) is 0 Å². The summed E-state index contributed by atoms with van der Waals surface area (Å²) in [6.45, 7) is 7.07. The Balaban J connectivity index is 2.13. The van der Waals surface area contributed by atoms with Crippen molar-refractivity contribution in [2.75, 3.05) is 0 Å². The van der Waals surface area contributed by atoms with Crippen molar-refractivity contribution in [1.82, 2.24) is 5.32 Å². The van der Waals surface area contributed by atoms with Gasteiger partial charge < -0.3 is 14.8 Å². The summed E-state index contributed by atoms with van der Waals surface area (Å²) in [6, 6.07) is 18.2. The molecule has 148 valence electrons. The number of alkyl carbamates (subject to hydrolysis) is 1. The minimum Gasteiger partial charge on any atom is -0.444 e. The van der Waals surface area contributed by atoms with Gasteiger partial charge in [-0.25, -0.2) is 9.59 Å². The van der Waals surface area contributed by atoms with Crippen LogP contribution in [0.25, 0.3) is 0 Å². The molecule has 2 aromatic carbocycles. The van der Waals surface area contributed by atoms with Crippen molar-refractivity contribution in [2.45, 2.75) is 45.8 Å². The van der Waals surface area contributed by atoms with E-state index in [-0.39, 0.29) is 0 Å². The lowest BCUT2D eigenvalue weighted by molar-refractivity contribution is -0.130. The van der Waals surface area contributed by atoms with Crippen LogP contribution in [0.1, 0.15) is 33.3 Å². The molecule has 0 saturated heterocycles. The van der Waals surface area contributed by atoms with Crippen LogP contribution in [0.4, 0.5) is 4.79 Å². The molecule has 0 bridgehead atoms. The van der Waals surface area contributed by atoms with E-state index in [0.29, 0.717) is 17.7 Å². The van der Waals surface area contributed by atoms with Crippen molar-refractivity contribution in [3.05, 3.63) is 77.9 Å². The topological polar surface area (TPSA) is 64.6 Å². The predicted molar refractivity (Wildman–Crippen MR) is 109 cm³/mol. The molecule has 28 heavy (non-hydrogen) atoms. The Morgan fingerprint density at radius 1 is 1.00 bits per heavy atom. The number of para-hydroxylation sites is 1. The zero-order valence-corrected chi connectivity index (χ0v) is 16.8.